The van der Waals surface area contributed by atoms with Gasteiger partial charge < -0.3 is 9.84 Å². The summed E-state index contributed by atoms with van der Waals surface area (Å²) < 4.78 is 5.20. The van der Waals surface area contributed by atoms with E-state index in [1.165, 1.54) is 6.07 Å². The Morgan fingerprint density at radius 2 is 2.26 bits per heavy atom. The van der Waals surface area contributed by atoms with E-state index in [4.69, 9.17) is 10.3 Å². The highest BCUT2D eigenvalue weighted by Crippen LogP contribution is 2.33. The van der Waals surface area contributed by atoms with Crippen LogP contribution in [0, 0.1) is 17.0 Å². The lowest BCUT2D eigenvalue weighted by Gasteiger charge is -2.08. The molecule has 1 aromatic heterocycles. The normalized spacial score (nSPS) is 10.4. The predicted octanol–water partition coefficient (Wildman–Crippen LogP) is 3.07. The van der Waals surface area contributed by atoms with Gasteiger partial charge in [-0.3, -0.25) is 16.0 Å². The topological polar surface area (TPSA) is 94.3 Å². The molecule has 2 rings (SSSR count). The zero-order valence-electron chi connectivity index (χ0n) is 10.3. The molecule has 0 radical (unpaired) electrons. The molecular formula is C12H13N3O3S. The van der Waals surface area contributed by atoms with Gasteiger partial charge in [0, 0.05) is 16.7 Å². The van der Waals surface area contributed by atoms with Gasteiger partial charge in [-0.15, -0.1) is 11.8 Å². The molecule has 6 nitrogen and oxygen atoms in total. The molecule has 0 saturated carbocycles. The van der Waals surface area contributed by atoms with Crippen LogP contribution < -0.4 is 11.3 Å². The monoisotopic (exact) mass is 279 g/mol. The van der Waals surface area contributed by atoms with Gasteiger partial charge in [-0.2, -0.15) is 0 Å². The van der Waals surface area contributed by atoms with E-state index in [9.17, 15) is 10.1 Å². The zero-order valence-corrected chi connectivity index (χ0v) is 11.1. The predicted molar refractivity (Wildman–Crippen MR) is 73.9 cm³/mol. The fourth-order valence-electron chi connectivity index (χ4n) is 1.70. The van der Waals surface area contributed by atoms with Crippen molar-refractivity contribution in [2.45, 2.75) is 17.6 Å². The van der Waals surface area contributed by atoms with Crippen molar-refractivity contribution in [2.75, 3.05) is 5.43 Å². The minimum absolute atomic E-state index is 0.0236. The van der Waals surface area contributed by atoms with Crippen LogP contribution in [0.1, 0.15) is 11.3 Å². The Bertz CT molecular complexity index is 598. The number of rotatable bonds is 5. The SMILES string of the molecule is Cc1occc1SCc1cccc([N+](=O)[O-])c1NN. The molecular weight excluding hydrogens is 266 g/mol. The quantitative estimate of drug-likeness (QED) is 0.378. The van der Waals surface area contributed by atoms with E-state index in [-0.39, 0.29) is 5.69 Å². The lowest BCUT2D eigenvalue weighted by molar-refractivity contribution is -0.384. The average Bonchev–Trinajstić information content (AvgIpc) is 2.81. The Hall–Kier alpha value is -1.99. The van der Waals surface area contributed by atoms with Crippen LogP contribution in [0.25, 0.3) is 0 Å². The molecule has 0 saturated heterocycles. The van der Waals surface area contributed by atoms with Gasteiger partial charge in [0.15, 0.2) is 0 Å². The number of thioether (sulfide) groups is 1. The highest BCUT2D eigenvalue weighted by Gasteiger charge is 2.16. The molecule has 0 spiro atoms. The largest absolute Gasteiger partial charge is 0.468 e. The number of nitro benzene ring substituents is 1. The van der Waals surface area contributed by atoms with Crippen molar-refractivity contribution >= 4 is 23.1 Å². The molecule has 7 heteroatoms. The maximum atomic E-state index is 10.9. The van der Waals surface area contributed by atoms with Crippen molar-refractivity contribution in [1.29, 1.82) is 0 Å². The molecule has 0 bridgehead atoms. The molecule has 0 fully saturated rings. The maximum absolute atomic E-state index is 10.9. The van der Waals surface area contributed by atoms with Gasteiger partial charge in [0.25, 0.3) is 5.69 Å². The molecule has 2 aromatic rings. The molecule has 100 valence electrons. The number of para-hydroxylation sites is 1. The molecule has 0 unspecified atom stereocenters. The first-order valence-corrected chi connectivity index (χ1v) is 6.52. The minimum atomic E-state index is -0.452. The lowest BCUT2D eigenvalue weighted by atomic mass is 10.2. The van der Waals surface area contributed by atoms with E-state index in [2.05, 4.69) is 5.43 Å². The second-order valence-corrected chi connectivity index (χ2v) is 4.86. The number of aryl methyl sites for hydroxylation is 1. The fraction of sp³-hybridized carbons (Fsp3) is 0.167. The van der Waals surface area contributed by atoms with E-state index < -0.39 is 4.92 Å². The number of furan rings is 1. The summed E-state index contributed by atoms with van der Waals surface area (Å²) in [5, 5.41) is 10.9. The van der Waals surface area contributed by atoms with E-state index in [1.807, 2.05) is 19.1 Å². The summed E-state index contributed by atoms with van der Waals surface area (Å²) >= 11 is 1.54. The second-order valence-electron chi connectivity index (χ2n) is 3.84. The molecule has 1 aromatic carbocycles. The molecule has 0 aliphatic carbocycles. The Morgan fingerprint density at radius 3 is 2.84 bits per heavy atom. The highest BCUT2D eigenvalue weighted by molar-refractivity contribution is 7.98. The molecule has 3 N–H and O–H groups in total. The third-order valence-corrected chi connectivity index (χ3v) is 3.85. The zero-order chi connectivity index (χ0) is 13.8. The molecule has 1 heterocycles. The van der Waals surface area contributed by atoms with E-state index in [0.29, 0.717) is 11.4 Å². The Kier molecular flexibility index (Phi) is 4.08. The number of anilines is 1. The number of nitrogen functional groups attached to an aromatic ring is 1. The summed E-state index contributed by atoms with van der Waals surface area (Å²) in [6.45, 7) is 1.87. The number of benzene rings is 1. The Morgan fingerprint density at radius 1 is 1.47 bits per heavy atom. The summed E-state index contributed by atoms with van der Waals surface area (Å²) in [5.74, 6) is 6.79. The summed E-state index contributed by atoms with van der Waals surface area (Å²) in [6.07, 6.45) is 1.62. The third kappa shape index (κ3) is 2.88. The number of hydrazine groups is 1. The van der Waals surface area contributed by atoms with Crippen LogP contribution in [-0.4, -0.2) is 4.92 Å². The first-order chi connectivity index (χ1) is 9.13. The van der Waals surface area contributed by atoms with Gasteiger partial charge in [0.1, 0.15) is 11.4 Å². The van der Waals surface area contributed by atoms with Gasteiger partial charge in [-0.05, 0) is 18.6 Å². The average molecular weight is 279 g/mol. The van der Waals surface area contributed by atoms with E-state index in [0.717, 1.165) is 16.2 Å². The van der Waals surface area contributed by atoms with Crippen LogP contribution in [0.5, 0.6) is 0 Å². The summed E-state index contributed by atoms with van der Waals surface area (Å²) in [5.41, 5.74) is 3.52. The van der Waals surface area contributed by atoms with Crippen molar-refractivity contribution < 1.29 is 9.34 Å². The van der Waals surface area contributed by atoms with E-state index >= 15 is 0 Å². The Balaban J connectivity index is 2.23. The highest BCUT2D eigenvalue weighted by atomic mass is 32.2. The fourth-order valence-corrected chi connectivity index (χ4v) is 2.66. The van der Waals surface area contributed by atoms with Crippen LogP contribution in [-0.2, 0) is 5.75 Å². The molecule has 0 aliphatic rings. The van der Waals surface area contributed by atoms with Crippen LogP contribution in [0.2, 0.25) is 0 Å². The van der Waals surface area contributed by atoms with Gasteiger partial charge in [-0.25, -0.2) is 0 Å². The number of hydrogen-bond donors (Lipinski definition) is 2. The van der Waals surface area contributed by atoms with E-state index in [1.54, 1.807) is 24.1 Å². The maximum Gasteiger partial charge on any atom is 0.293 e. The molecule has 0 atom stereocenters. The van der Waals surface area contributed by atoms with Crippen molar-refractivity contribution in [2.24, 2.45) is 5.84 Å². The molecule has 19 heavy (non-hydrogen) atoms. The van der Waals surface area contributed by atoms with Crippen LogP contribution in [0.15, 0.2) is 39.8 Å². The summed E-state index contributed by atoms with van der Waals surface area (Å²) in [7, 11) is 0. The van der Waals surface area contributed by atoms with Crippen molar-refractivity contribution in [3.05, 3.63) is 52.0 Å². The first-order valence-electron chi connectivity index (χ1n) is 5.53. The number of nitro groups is 1. The van der Waals surface area contributed by atoms with Gasteiger partial charge >= 0.3 is 0 Å². The Labute approximate surface area is 114 Å². The molecule has 0 amide bonds. The van der Waals surface area contributed by atoms with Crippen LogP contribution in [0.3, 0.4) is 0 Å². The van der Waals surface area contributed by atoms with Gasteiger partial charge in [0.2, 0.25) is 0 Å². The summed E-state index contributed by atoms with van der Waals surface area (Å²) in [4.78, 5) is 11.5. The lowest BCUT2D eigenvalue weighted by Crippen LogP contribution is -2.11. The van der Waals surface area contributed by atoms with Gasteiger partial charge in [0.05, 0.1) is 11.2 Å². The standard InChI is InChI=1S/C12H13N3O3S/c1-8-11(5-6-18-8)19-7-9-3-2-4-10(15(16)17)12(9)14-13/h2-6,14H,7,13H2,1H3. The smallest absolute Gasteiger partial charge is 0.293 e. The van der Waals surface area contributed by atoms with Crippen molar-refractivity contribution in [3.8, 4) is 0 Å². The van der Waals surface area contributed by atoms with Crippen LogP contribution in [0.4, 0.5) is 11.4 Å². The van der Waals surface area contributed by atoms with Gasteiger partial charge in [-0.1, -0.05) is 12.1 Å². The van der Waals surface area contributed by atoms with Crippen molar-refractivity contribution in [1.82, 2.24) is 0 Å². The third-order valence-electron chi connectivity index (χ3n) is 2.66. The number of nitrogens with one attached hydrogen (secondary N) is 1. The van der Waals surface area contributed by atoms with Crippen molar-refractivity contribution in [3.63, 3.8) is 0 Å². The minimum Gasteiger partial charge on any atom is -0.468 e. The first kappa shape index (κ1) is 13.4. The number of nitrogens with two attached hydrogens (primary N) is 1. The second kappa shape index (κ2) is 5.77. The summed E-state index contributed by atoms with van der Waals surface area (Å²) in [6, 6.07) is 6.75. The number of nitrogens with zero attached hydrogens (tertiary/aromatic N) is 1. The molecule has 0 aliphatic heterocycles. The number of hydrogen-bond acceptors (Lipinski definition) is 6. The van der Waals surface area contributed by atoms with Crippen LogP contribution >= 0.6 is 11.8 Å².